The average Bonchev–Trinajstić information content (AvgIpc) is 2.37. The Hall–Kier alpha value is -1.69. The van der Waals surface area contributed by atoms with Crippen molar-refractivity contribution in [3.8, 4) is 0 Å². The molecule has 98 valence electrons. The first kappa shape index (κ1) is 12.8. The highest BCUT2D eigenvalue weighted by molar-refractivity contribution is 5.85. The van der Waals surface area contributed by atoms with Crippen LogP contribution in [0.4, 0.5) is 5.82 Å². The first-order chi connectivity index (χ1) is 8.60. The SMILES string of the molecule is COC(=O)c1nc(C)cc(N2CCC[C@@H](N)C2)n1. The molecule has 0 aliphatic carbocycles. The van der Waals surface area contributed by atoms with Gasteiger partial charge in [-0.1, -0.05) is 0 Å². The second-order valence-electron chi connectivity index (χ2n) is 4.53. The number of piperidine rings is 1. The molecule has 1 fully saturated rings. The summed E-state index contributed by atoms with van der Waals surface area (Å²) < 4.78 is 4.65. The molecule has 6 nitrogen and oxygen atoms in total. The van der Waals surface area contributed by atoms with Crippen LogP contribution in [0.1, 0.15) is 29.2 Å². The van der Waals surface area contributed by atoms with Gasteiger partial charge in [0.1, 0.15) is 5.82 Å². The van der Waals surface area contributed by atoms with Crippen LogP contribution in [0.15, 0.2) is 6.07 Å². The standard InChI is InChI=1S/C12H18N4O2/c1-8-6-10(15-11(14-8)12(17)18-2)16-5-3-4-9(13)7-16/h6,9H,3-5,7,13H2,1-2H3/t9-/m1/s1. The maximum absolute atomic E-state index is 11.5. The largest absolute Gasteiger partial charge is 0.463 e. The summed E-state index contributed by atoms with van der Waals surface area (Å²) >= 11 is 0. The molecule has 0 spiro atoms. The number of methoxy groups -OCH3 is 1. The van der Waals surface area contributed by atoms with Crippen LogP contribution in [0.2, 0.25) is 0 Å². The normalized spacial score (nSPS) is 19.7. The quantitative estimate of drug-likeness (QED) is 0.770. The zero-order valence-electron chi connectivity index (χ0n) is 10.7. The van der Waals surface area contributed by atoms with Crippen LogP contribution in [0.25, 0.3) is 0 Å². The third-order valence-corrected chi connectivity index (χ3v) is 2.99. The number of hydrogen-bond donors (Lipinski definition) is 1. The van der Waals surface area contributed by atoms with Crippen LogP contribution >= 0.6 is 0 Å². The van der Waals surface area contributed by atoms with Crippen molar-refractivity contribution in [1.82, 2.24) is 9.97 Å². The van der Waals surface area contributed by atoms with E-state index in [0.29, 0.717) is 0 Å². The minimum absolute atomic E-state index is 0.103. The van der Waals surface area contributed by atoms with Crippen LogP contribution in [-0.4, -0.2) is 42.2 Å². The Morgan fingerprint density at radius 2 is 2.33 bits per heavy atom. The third kappa shape index (κ3) is 2.76. The number of esters is 1. The summed E-state index contributed by atoms with van der Waals surface area (Å²) in [7, 11) is 1.32. The van der Waals surface area contributed by atoms with Gasteiger partial charge in [0.2, 0.25) is 5.82 Å². The predicted octanol–water partition coefficient (Wildman–Crippen LogP) is 0.499. The van der Waals surface area contributed by atoms with E-state index in [2.05, 4.69) is 19.6 Å². The lowest BCUT2D eigenvalue weighted by Gasteiger charge is -2.31. The minimum Gasteiger partial charge on any atom is -0.463 e. The monoisotopic (exact) mass is 250 g/mol. The summed E-state index contributed by atoms with van der Waals surface area (Å²) in [6.45, 7) is 3.50. The van der Waals surface area contributed by atoms with Crippen LogP contribution in [0.3, 0.4) is 0 Å². The fourth-order valence-electron chi connectivity index (χ4n) is 2.11. The van der Waals surface area contributed by atoms with Gasteiger partial charge >= 0.3 is 5.97 Å². The summed E-state index contributed by atoms with van der Waals surface area (Å²) in [4.78, 5) is 21.9. The average molecular weight is 250 g/mol. The molecule has 1 aliphatic rings. The van der Waals surface area contributed by atoms with E-state index in [1.54, 1.807) is 0 Å². The topological polar surface area (TPSA) is 81.3 Å². The molecule has 0 amide bonds. The molecule has 1 atom stereocenters. The molecule has 0 radical (unpaired) electrons. The second-order valence-corrected chi connectivity index (χ2v) is 4.53. The molecule has 0 unspecified atom stereocenters. The van der Waals surface area contributed by atoms with Gasteiger partial charge in [-0.3, -0.25) is 0 Å². The minimum atomic E-state index is -0.513. The van der Waals surface area contributed by atoms with E-state index in [9.17, 15) is 4.79 Å². The number of anilines is 1. The zero-order valence-corrected chi connectivity index (χ0v) is 10.7. The molecule has 2 heterocycles. The molecule has 1 aromatic heterocycles. The molecule has 1 aliphatic heterocycles. The van der Waals surface area contributed by atoms with Gasteiger partial charge in [0.25, 0.3) is 0 Å². The van der Waals surface area contributed by atoms with Crippen molar-refractivity contribution in [1.29, 1.82) is 0 Å². The van der Waals surface area contributed by atoms with Crippen molar-refractivity contribution in [2.45, 2.75) is 25.8 Å². The molecule has 2 N–H and O–H groups in total. The Morgan fingerprint density at radius 3 is 3.00 bits per heavy atom. The number of nitrogens with two attached hydrogens (primary N) is 1. The van der Waals surface area contributed by atoms with Gasteiger partial charge in [0.15, 0.2) is 0 Å². The van der Waals surface area contributed by atoms with E-state index in [-0.39, 0.29) is 11.9 Å². The predicted molar refractivity (Wildman–Crippen MR) is 67.5 cm³/mol. The van der Waals surface area contributed by atoms with Gasteiger partial charge in [-0.05, 0) is 19.8 Å². The van der Waals surface area contributed by atoms with Gasteiger partial charge in [-0.15, -0.1) is 0 Å². The number of hydrogen-bond acceptors (Lipinski definition) is 6. The lowest BCUT2D eigenvalue weighted by molar-refractivity contribution is 0.0586. The van der Waals surface area contributed by atoms with Crippen molar-refractivity contribution in [2.75, 3.05) is 25.1 Å². The molecular weight excluding hydrogens is 232 g/mol. The zero-order chi connectivity index (χ0) is 13.1. The van der Waals surface area contributed by atoms with Crippen LogP contribution in [0, 0.1) is 6.92 Å². The van der Waals surface area contributed by atoms with Crippen LogP contribution in [-0.2, 0) is 4.74 Å². The van der Waals surface area contributed by atoms with E-state index in [1.165, 1.54) is 7.11 Å². The Balaban J connectivity index is 2.27. The fourth-order valence-corrected chi connectivity index (χ4v) is 2.11. The lowest BCUT2D eigenvalue weighted by atomic mass is 10.1. The number of carbonyl (C=O) groups excluding carboxylic acids is 1. The summed E-state index contributed by atoms with van der Waals surface area (Å²) in [6, 6.07) is 2.03. The Morgan fingerprint density at radius 1 is 1.56 bits per heavy atom. The number of nitrogens with zero attached hydrogens (tertiary/aromatic N) is 3. The molecule has 2 rings (SSSR count). The Labute approximate surface area is 106 Å². The number of aromatic nitrogens is 2. The van der Waals surface area contributed by atoms with Crippen LogP contribution in [0.5, 0.6) is 0 Å². The highest BCUT2D eigenvalue weighted by Gasteiger charge is 2.20. The first-order valence-corrected chi connectivity index (χ1v) is 6.04. The fraction of sp³-hybridized carbons (Fsp3) is 0.583. The van der Waals surface area contributed by atoms with Gasteiger partial charge in [0, 0.05) is 30.9 Å². The summed E-state index contributed by atoms with van der Waals surface area (Å²) in [6.07, 6.45) is 2.07. The molecule has 0 saturated carbocycles. The van der Waals surface area contributed by atoms with E-state index in [4.69, 9.17) is 5.73 Å². The van der Waals surface area contributed by atoms with Crippen molar-refractivity contribution < 1.29 is 9.53 Å². The van der Waals surface area contributed by atoms with Crippen molar-refractivity contribution in [3.63, 3.8) is 0 Å². The van der Waals surface area contributed by atoms with Crippen molar-refractivity contribution in [3.05, 3.63) is 17.6 Å². The number of ether oxygens (including phenoxy) is 1. The van der Waals surface area contributed by atoms with E-state index < -0.39 is 5.97 Å². The van der Waals surface area contributed by atoms with Crippen molar-refractivity contribution in [2.24, 2.45) is 5.73 Å². The van der Waals surface area contributed by atoms with Gasteiger partial charge in [-0.2, -0.15) is 0 Å². The molecule has 18 heavy (non-hydrogen) atoms. The van der Waals surface area contributed by atoms with Gasteiger partial charge in [0.05, 0.1) is 7.11 Å². The maximum atomic E-state index is 11.5. The summed E-state index contributed by atoms with van der Waals surface area (Å²) in [5.41, 5.74) is 6.70. The Kier molecular flexibility index (Phi) is 3.76. The lowest BCUT2D eigenvalue weighted by Crippen LogP contribution is -2.43. The Bertz CT molecular complexity index is 450. The first-order valence-electron chi connectivity index (χ1n) is 6.04. The molecule has 6 heteroatoms. The smallest absolute Gasteiger partial charge is 0.376 e. The van der Waals surface area contributed by atoms with Gasteiger partial charge in [-0.25, -0.2) is 14.8 Å². The summed E-state index contributed by atoms with van der Waals surface area (Å²) in [5, 5.41) is 0. The highest BCUT2D eigenvalue weighted by atomic mass is 16.5. The van der Waals surface area contributed by atoms with E-state index in [0.717, 1.165) is 37.4 Å². The maximum Gasteiger partial charge on any atom is 0.376 e. The van der Waals surface area contributed by atoms with Crippen LogP contribution < -0.4 is 10.6 Å². The molecule has 0 bridgehead atoms. The van der Waals surface area contributed by atoms with Crippen molar-refractivity contribution >= 4 is 11.8 Å². The molecule has 0 aromatic carbocycles. The van der Waals surface area contributed by atoms with E-state index >= 15 is 0 Å². The molecule has 1 aromatic rings. The summed E-state index contributed by atoms with van der Waals surface area (Å²) in [5.74, 6) is 0.339. The second kappa shape index (κ2) is 5.30. The van der Waals surface area contributed by atoms with E-state index in [1.807, 2.05) is 13.0 Å². The third-order valence-electron chi connectivity index (χ3n) is 2.99. The number of carbonyl (C=O) groups is 1. The highest BCUT2D eigenvalue weighted by Crippen LogP contribution is 2.18. The number of aryl methyl sites for hydroxylation is 1. The molecule has 1 saturated heterocycles. The molecular formula is C12H18N4O2. The van der Waals surface area contributed by atoms with Gasteiger partial charge < -0.3 is 15.4 Å². The number of rotatable bonds is 2.